The fourth-order valence-corrected chi connectivity index (χ4v) is 1.62. The number of hydrogen-bond acceptors (Lipinski definition) is 2. The summed E-state index contributed by atoms with van der Waals surface area (Å²) in [6.07, 6.45) is 1.19. The van der Waals surface area contributed by atoms with Crippen molar-refractivity contribution in [3.63, 3.8) is 0 Å². The second-order valence-corrected chi connectivity index (χ2v) is 4.34. The Labute approximate surface area is 141 Å². The van der Waals surface area contributed by atoms with Crippen LogP contribution < -0.4 is 16.0 Å². The third kappa shape index (κ3) is 7.54. The fourth-order valence-electron chi connectivity index (χ4n) is 1.49. The summed E-state index contributed by atoms with van der Waals surface area (Å²) in [5, 5.41) is 9.47. The molecule has 5 nitrogen and oxygen atoms in total. The van der Waals surface area contributed by atoms with Gasteiger partial charge < -0.3 is 16.0 Å². The molecule has 3 N–H and O–H groups in total. The zero-order valence-electron chi connectivity index (χ0n) is 11.6. The number of nitrogens with one attached hydrogen (secondary N) is 3. The number of benzene rings is 1. The molecule has 7 heteroatoms. The molecule has 0 spiro atoms. The first kappa shape index (κ1) is 19.0. The summed E-state index contributed by atoms with van der Waals surface area (Å²) in [4.78, 5) is 15.6. The van der Waals surface area contributed by atoms with Crippen molar-refractivity contribution in [2.24, 2.45) is 4.99 Å². The normalized spacial score (nSPS) is 10.4. The standard InChI is InChI=1S/C13H19ClN4O.HI/c1-15-13(16-2)17-9-3-4-12(19)18-11-7-5-10(14)6-8-11;/h5-8H,3-4,9H2,1-2H3,(H,18,19)(H2,15,16,17);1H. The van der Waals surface area contributed by atoms with E-state index in [1.807, 2.05) is 0 Å². The predicted octanol–water partition coefficient (Wildman–Crippen LogP) is 2.47. The van der Waals surface area contributed by atoms with Gasteiger partial charge in [-0.3, -0.25) is 9.79 Å². The topological polar surface area (TPSA) is 65.5 Å². The van der Waals surface area contributed by atoms with Crippen LogP contribution in [0.25, 0.3) is 0 Å². The third-order valence-corrected chi connectivity index (χ3v) is 2.71. The molecule has 0 radical (unpaired) electrons. The predicted molar refractivity (Wildman–Crippen MR) is 95.2 cm³/mol. The zero-order chi connectivity index (χ0) is 14.1. The van der Waals surface area contributed by atoms with Gasteiger partial charge in [-0.15, -0.1) is 24.0 Å². The van der Waals surface area contributed by atoms with E-state index in [-0.39, 0.29) is 29.9 Å². The molecule has 0 fully saturated rings. The summed E-state index contributed by atoms with van der Waals surface area (Å²) in [5.41, 5.74) is 0.758. The van der Waals surface area contributed by atoms with Crippen LogP contribution >= 0.6 is 35.6 Å². The number of rotatable bonds is 5. The molecule has 0 aliphatic carbocycles. The highest BCUT2D eigenvalue weighted by Crippen LogP contribution is 2.13. The zero-order valence-corrected chi connectivity index (χ0v) is 14.7. The van der Waals surface area contributed by atoms with E-state index in [1.54, 1.807) is 38.4 Å². The molecule has 1 rings (SSSR count). The van der Waals surface area contributed by atoms with Crippen molar-refractivity contribution in [3.05, 3.63) is 29.3 Å². The first-order valence-electron chi connectivity index (χ1n) is 6.09. The minimum absolute atomic E-state index is 0. The molecular formula is C13H20ClIN4O. The van der Waals surface area contributed by atoms with Crippen LogP contribution in [-0.4, -0.2) is 32.5 Å². The van der Waals surface area contributed by atoms with Gasteiger partial charge in [0.25, 0.3) is 0 Å². The van der Waals surface area contributed by atoms with E-state index in [4.69, 9.17) is 11.6 Å². The molecule has 0 aliphatic rings. The first-order valence-corrected chi connectivity index (χ1v) is 6.47. The summed E-state index contributed by atoms with van der Waals surface area (Å²) < 4.78 is 0. The minimum atomic E-state index is -0.0106. The lowest BCUT2D eigenvalue weighted by Gasteiger charge is -2.08. The SMILES string of the molecule is CN=C(NC)NCCCC(=O)Nc1ccc(Cl)cc1.I. The summed E-state index contributed by atoms with van der Waals surface area (Å²) in [5.74, 6) is 0.710. The maximum absolute atomic E-state index is 11.7. The second kappa shape index (κ2) is 10.7. The largest absolute Gasteiger partial charge is 0.359 e. The number of aliphatic imine (C=N–C) groups is 1. The average molecular weight is 411 g/mol. The number of guanidine groups is 1. The maximum atomic E-state index is 11.7. The molecule has 0 aliphatic heterocycles. The van der Waals surface area contributed by atoms with Crippen molar-refractivity contribution in [3.8, 4) is 0 Å². The van der Waals surface area contributed by atoms with Crippen LogP contribution in [0.4, 0.5) is 5.69 Å². The Morgan fingerprint density at radius 2 is 1.95 bits per heavy atom. The van der Waals surface area contributed by atoms with E-state index in [1.165, 1.54) is 0 Å². The Kier molecular flexibility index (Phi) is 10.2. The Morgan fingerprint density at radius 3 is 2.50 bits per heavy atom. The smallest absolute Gasteiger partial charge is 0.224 e. The van der Waals surface area contributed by atoms with E-state index in [2.05, 4.69) is 20.9 Å². The molecule has 1 aromatic carbocycles. The number of hydrogen-bond donors (Lipinski definition) is 3. The molecule has 20 heavy (non-hydrogen) atoms. The highest BCUT2D eigenvalue weighted by Gasteiger charge is 2.02. The van der Waals surface area contributed by atoms with Crippen molar-refractivity contribution in [2.75, 3.05) is 26.0 Å². The van der Waals surface area contributed by atoms with Gasteiger partial charge in [-0.25, -0.2) is 0 Å². The average Bonchev–Trinajstić information content (AvgIpc) is 2.42. The second-order valence-electron chi connectivity index (χ2n) is 3.91. The van der Waals surface area contributed by atoms with Crippen molar-refractivity contribution in [2.45, 2.75) is 12.8 Å². The van der Waals surface area contributed by atoms with Crippen molar-refractivity contribution < 1.29 is 4.79 Å². The van der Waals surface area contributed by atoms with Gasteiger partial charge in [0, 0.05) is 37.8 Å². The van der Waals surface area contributed by atoms with Crippen molar-refractivity contribution in [1.82, 2.24) is 10.6 Å². The molecule has 112 valence electrons. The lowest BCUT2D eigenvalue weighted by Crippen LogP contribution is -2.35. The van der Waals surface area contributed by atoms with Crippen LogP contribution in [0.2, 0.25) is 5.02 Å². The van der Waals surface area contributed by atoms with Crippen LogP contribution in [-0.2, 0) is 4.79 Å². The number of nitrogens with zero attached hydrogens (tertiary/aromatic N) is 1. The van der Waals surface area contributed by atoms with Gasteiger partial charge in [-0.2, -0.15) is 0 Å². The molecule has 1 aromatic rings. The first-order chi connectivity index (χ1) is 9.15. The van der Waals surface area contributed by atoms with Crippen LogP contribution in [0.15, 0.2) is 29.3 Å². The Hall–Kier alpha value is -1.02. The van der Waals surface area contributed by atoms with Crippen LogP contribution in [0.1, 0.15) is 12.8 Å². The summed E-state index contributed by atoms with van der Waals surface area (Å²) in [7, 11) is 3.49. The quantitative estimate of drug-likeness (QED) is 0.302. The van der Waals surface area contributed by atoms with Crippen LogP contribution in [0.3, 0.4) is 0 Å². The molecule has 1 amide bonds. The Balaban J connectivity index is 0.00000361. The minimum Gasteiger partial charge on any atom is -0.359 e. The van der Waals surface area contributed by atoms with Gasteiger partial charge in [0.05, 0.1) is 0 Å². The molecule has 0 atom stereocenters. The van der Waals surface area contributed by atoms with Gasteiger partial charge in [-0.1, -0.05) is 11.6 Å². The summed E-state index contributed by atoms with van der Waals surface area (Å²) >= 11 is 5.77. The van der Waals surface area contributed by atoms with E-state index >= 15 is 0 Å². The number of halogens is 2. The summed E-state index contributed by atoms with van der Waals surface area (Å²) in [6, 6.07) is 7.05. The molecule has 0 unspecified atom stereocenters. The Bertz CT molecular complexity index is 437. The third-order valence-electron chi connectivity index (χ3n) is 2.46. The number of amides is 1. The fraction of sp³-hybridized carbons (Fsp3) is 0.385. The van der Waals surface area contributed by atoms with Gasteiger partial charge in [0.2, 0.25) is 5.91 Å². The maximum Gasteiger partial charge on any atom is 0.224 e. The van der Waals surface area contributed by atoms with E-state index in [0.717, 1.165) is 18.1 Å². The van der Waals surface area contributed by atoms with E-state index in [9.17, 15) is 4.79 Å². The molecule has 0 bridgehead atoms. The van der Waals surface area contributed by atoms with Crippen LogP contribution in [0.5, 0.6) is 0 Å². The number of carbonyl (C=O) groups is 1. The number of carbonyl (C=O) groups excluding carboxylic acids is 1. The van der Waals surface area contributed by atoms with Crippen molar-refractivity contribution in [1.29, 1.82) is 0 Å². The summed E-state index contributed by atoms with van der Waals surface area (Å²) in [6.45, 7) is 0.696. The lowest BCUT2D eigenvalue weighted by atomic mass is 10.2. The van der Waals surface area contributed by atoms with E-state index < -0.39 is 0 Å². The highest BCUT2D eigenvalue weighted by atomic mass is 127. The van der Waals surface area contributed by atoms with Gasteiger partial charge in [-0.05, 0) is 30.7 Å². The van der Waals surface area contributed by atoms with E-state index in [0.29, 0.717) is 18.0 Å². The Morgan fingerprint density at radius 1 is 1.30 bits per heavy atom. The van der Waals surface area contributed by atoms with Crippen molar-refractivity contribution >= 4 is 53.1 Å². The molecule has 0 heterocycles. The van der Waals surface area contributed by atoms with Gasteiger partial charge >= 0.3 is 0 Å². The number of anilines is 1. The lowest BCUT2D eigenvalue weighted by molar-refractivity contribution is -0.116. The molecule has 0 saturated heterocycles. The molecule has 0 aromatic heterocycles. The van der Waals surface area contributed by atoms with Gasteiger partial charge in [0.15, 0.2) is 5.96 Å². The van der Waals surface area contributed by atoms with Gasteiger partial charge in [0.1, 0.15) is 0 Å². The molecule has 0 saturated carbocycles. The highest BCUT2D eigenvalue weighted by molar-refractivity contribution is 14.0. The molecular weight excluding hydrogens is 391 g/mol. The van der Waals surface area contributed by atoms with Crippen LogP contribution in [0, 0.1) is 0 Å². The monoisotopic (exact) mass is 410 g/mol.